The molecule has 0 aliphatic carbocycles. The number of halogens is 4. The summed E-state index contributed by atoms with van der Waals surface area (Å²) in [4.78, 5) is 27.9. The second-order valence-electron chi connectivity index (χ2n) is 7.45. The van der Waals surface area contributed by atoms with Crippen LogP contribution in [0.5, 0.6) is 0 Å². The molecule has 1 aromatic carbocycles. The first-order valence-corrected chi connectivity index (χ1v) is 12.2. The summed E-state index contributed by atoms with van der Waals surface area (Å²) >= 11 is 0. The number of sulfonamides is 1. The van der Waals surface area contributed by atoms with Crippen LogP contribution in [0.25, 0.3) is 0 Å². The first kappa shape index (κ1) is 28.8. The number of nitrogens with zero attached hydrogens (tertiary/aromatic N) is 2. The Morgan fingerprint density at radius 2 is 1.75 bits per heavy atom. The molecule has 0 bridgehead atoms. The van der Waals surface area contributed by atoms with Crippen LogP contribution in [-0.4, -0.2) is 69.3 Å². The van der Waals surface area contributed by atoms with Gasteiger partial charge in [-0.3, -0.25) is 9.52 Å². The van der Waals surface area contributed by atoms with Gasteiger partial charge < -0.3 is 20.6 Å². The SMILES string of the molecule is CCCNC(=O)c1cc(NS(=O)(=O)c2ccc(F)cc2)cnc1N1CCNCC1.O=C(O)C(F)(F)F. The van der Waals surface area contributed by atoms with Gasteiger partial charge in [0.15, 0.2) is 0 Å². The molecule has 10 nitrogen and oxygen atoms in total. The number of carboxylic acids is 1. The Balaban J connectivity index is 0.000000572. The van der Waals surface area contributed by atoms with Gasteiger partial charge in [0.2, 0.25) is 0 Å². The number of pyridine rings is 1. The Hall–Kier alpha value is -3.46. The highest BCUT2D eigenvalue weighted by Gasteiger charge is 2.38. The molecular formula is C21H25F4N5O5S. The van der Waals surface area contributed by atoms with Gasteiger partial charge in [-0.2, -0.15) is 13.2 Å². The fourth-order valence-corrected chi connectivity index (χ4v) is 4.00. The van der Waals surface area contributed by atoms with Crippen LogP contribution in [0, 0.1) is 5.82 Å². The third-order valence-corrected chi connectivity index (χ3v) is 6.08. The van der Waals surface area contributed by atoms with Gasteiger partial charge in [-0.05, 0) is 36.8 Å². The van der Waals surface area contributed by atoms with Crippen LogP contribution in [0.2, 0.25) is 0 Å². The zero-order valence-corrected chi connectivity index (χ0v) is 19.9. The number of aliphatic carboxylic acids is 1. The number of hydrogen-bond donors (Lipinski definition) is 4. The van der Waals surface area contributed by atoms with Crippen LogP contribution >= 0.6 is 0 Å². The van der Waals surface area contributed by atoms with E-state index in [4.69, 9.17) is 9.90 Å². The summed E-state index contributed by atoms with van der Waals surface area (Å²) in [5.41, 5.74) is 0.467. The van der Waals surface area contributed by atoms with Crippen LogP contribution < -0.4 is 20.3 Å². The third kappa shape index (κ3) is 8.34. The lowest BCUT2D eigenvalue weighted by molar-refractivity contribution is -0.192. The molecule has 0 radical (unpaired) electrons. The normalized spacial score (nSPS) is 13.9. The van der Waals surface area contributed by atoms with Crippen LogP contribution in [0.4, 0.5) is 29.1 Å². The van der Waals surface area contributed by atoms with Crippen molar-refractivity contribution in [2.75, 3.05) is 42.3 Å². The Morgan fingerprint density at radius 1 is 1.17 bits per heavy atom. The largest absolute Gasteiger partial charge is 0.490 e. The smallest absolute Gasteiger partial charge is 0.475 e. The van der Waals surface area contributed by atoms with Gasteiger partial charge >= 0.3 is 12.1 Å². The highest BCUT2D eigenvalue weighted by molar-refractivity contribution is 7.92. The van der Waals surface area contributed by atoms with Gasteiger partial charge in [0.25, 0.3) is 15.9 Å². The quantitative estimate of drug-likeness (QED) is 0.396. The van der Waals surface area contributed by atoms with Crippen molar-refractivity contribution in [3.63, 3.8) is 0 Å². The van der Waals surface area contributed by atoms with E-state index in [0.717, 1.165) is 31.6 Å². The second-order valence-corrected chi connectivity index (χ2v) is 9.13. The summed E-state index contributed by atoms with van der Waals surface area (Å²) in [5.74, 6) is -3.08. The highest BCUT2D eigenvalue weighted by atomic mass is 32.2. The van der Waals surface area contributed by atoms with Crippen LogP contribution in [0.3, 0.4) is 0 Å². The van der Waals surface area contributed by atoms with Crippen molar-refractivity contribution in [3.05, 3.63) is 47.9 Å². The molecule has 198 valence electrons. The monoisotopic (exact) mass is 535 g/mol. The lowest BCUT2D eigenvalue weighted by Crippen LogP contribution is -2.44. The average Bonchev–Trinajstić information content (AvgIpc) is 2.83. The molecule has 1 amide bonds. The number of hydrogen-bond acceptors (Lipinski definition) is 7. The second kappa shape index (κ2) is 12.5. The van der Waals surface area contributed by atoms with E-state index in [-0.39, 0.29) is 16.5 Å². The number of nitrogens with one attached hydrogen (secondary N) is 3. The van der Waals surface area contributed by atoms with E-state index in [1.165, 1.54) is 24.4 Å². The summed E-state index contributed by atoms with van der Waals surface area (Å²) in [7, 11) is -3.94. The molecule has 1 fully saturated rings. The summed E-state index contributed by atoms with van der Waals surface area (Å²) in [6.07, 6.45) is -2.92. The standard InChI is InChI=1S/C19H24FN5O3S.C2HF3O2/c1-2-7-22-19(26)17-12-15(13-23-18(17)25-10-8-21-9-11-25)24-29(27,28)16-5-3-14(20)4-6-16;3-2(4,5)1(6)7/h3-6,12-13,21,24H,2,7-11H2,1H3,(H,22,26);(H,6,7). The molecule has 36 heavy (non-hydrogen) atoms. The molecule has 0 spiro atoms. The predicted molar refractivity (Wildman–Crippen MR) is 123 cm³/mol. The first-order valence-electron chi connectivity index (χ1n) is 10.7. The molecule has 2 heterocycles. The van der Waals surface area contributed by atoms with E-state index in [2.05, 4.69) is 20.3 Å². The van der Waals surface area contributed by atoms with Crippen molar-refractivity contribution < 1.29 is 40.7 Å². The minimum atomic E-state index is -5.08. The molecule has 3 rings (SSSR count). The molecule has 15 heteroatoms. The van der Waals surface area contributed by atoms with Crippen LogP contribution in [0.1, 0.15) is 23.7 Å². The Labute approximate surface area is 204 Å². The van der Waals surface area contributed by atoms with Gasteiger partial charge in [0.05, 0.1) is 22.3 Å². The summed E-state index contributed by atoms with van der Waals surface area (Å²) in [5, 5.41) is 13.2. The zero-order chi connectivity index (χ0) is 26.9. The third-order valence-electron chi connectivity index (χ3n) is 4.68. The molecule has 0 saturated carbocycles. The number of carboxylic acid groups (broad SMARTS) is 1. The number of rotatable bonds is 7. The minimum absolute atomic E-state index is 0.0814. The van der Waals surface area contributed by atoms with Crippen molar-refractivity contribution in [2.45, 2.75) is 24.4 Å². The Bertz CT molecular complexity index is 1150. The molecule has 4 N–H and O–H groups in total. The molecule has 2 aromatic rings. The number of piperazine rings is 1. The topological polar surface area (TPSA) is 141 Å². The molecule has 1 saturated heterocycles. The molecular weight excluding hydrogens is 510 g/mol. The maximum Gasteiger partial charge on any atom is 0.490 e. The van der Waals surface area contributed by atoms with Crippen molar-refractivity contribution in [1.29, 1.82) is 0 Å². The number of benzene rings is 1. The number of carbonyl (C=O) groups excluding carboxylic acids is 1. The summed E-state index contributed by atoms with van der Waals surface area (Å²) in [6, 6.07) is 5.98. The van der Waals surface area contributed by atoms with Gasteiger partial charge in [0, 0.05) is 32.7 Å². The van der Waals surface area contributed by atoms with Crippen molar-refractivity contribution in [3.8, 4) is 0 Å². The van der Waals surface area contributed by atoms with E-state index in [1.807, 2.05) is 11.8 Å². The molecule has 0 unspecified atom stereocenters. The summed E-state index contributed by atoms with van der Waals surface area (Å²) < 4.78 is 72.4. The maximum atomic E-state index is 13.1. The number of aromatic nitrogens is 1. The number of amides is 1. The zero-order valence-electron chi connectivity index (χ0n) is 19.1. The number of alkyl halides is 3. The number of anilines is 2. The van der Waals surface area contributed by atoms with E-state index < -0.39 is 28.0 Å². The van der Waals surface area contributed by atoms with E-state index in [9.17, 15) is 30.8 Å². The fraction of sp³-hybridized carbons (Fsp3) is 0.381. The number of carbonyl (C=O) groups is 2. The van der Waals surface area contributed by atoms with E-state index >= 15 is 0 Å². The lowest BCUT2D eigenvalue weighted by Gasteiger charge is -2.30. The fourth-order valence-electron chi connectivity index (χ4n) is 2.97. The predicted octanol–water partition coefficient (Wildman–Crippen LogP) is 2.20. The Morgan fingerprint density at radius 3 is 2.28 bits per heavy atom. The van der Waals surface area contributed by atoms with Gasteiger partial charge in [-0.1, -0.05) is 6.92 Å². The van der Waals surface area contributed by atoms with Gasteiger partial charge in [-0.15, -0.1) is 0 Å². The van der Waals surface area contributed by atoms with Gasteiger partial charge in [0.1, 0.15) is 11.6 Å². The maximum absolute atomic E-state index is 13.1. The van der Waals surface area contributed by atoms with Crippen molar-refractivity contribution >= 4 is 33.4 Å². The first-order chi connectivity index (χ1) is 16.8. The van der Waals surface area contributed by atoms with E-state index in [1.54, 1.807) is 0 Å². The molecule has 1 aliphatic rings. The molecule has 1 aliphatic heterocycles. The van der Waals surface area contributed by atoms with Crippen LogP contribution in [-0.2, 0) is 14.8 Å². The van der Waals surface area contributed by atoms with Gasteiger partial charge in [-0.25, -0.2) is 22.6 Å². The molecule has 1 aromatic heterocycles. The van der Waals surface area contributed by atoms with Crippen LogP contribution in [0.15, 0.2) is 41.4 Å². The van der Waals surface area contributed by atoms with Crippen molar-refractivity contribution in [1.82, 2.24) is 15.6 Å². The minimum Gasteiger partial charge on any atom is -0.475 e. The summed E-state index contributed by atoms with van der Waals surface area (Å²) in [6.45, 7) is 5.39. The van der Waals surface area contributed by atoms with Crippen molar-refractivity contribution in [2.24, 2.45) is 0 Å². The lowest BCUT2D eigenvalue weighted by atomic mass is 10.2. The highest BCUT2D eigenvalue weighted by Crippen LogP contribution is 2.24. The average molecular weight is 536 g/mol. The molecule has 0 atom stereocenters. The van der Waals surface area contributed by atoms with E-state index in [0.29, 0.717) is 31.0 Å². The Kier molecular flexibility index (Phi) is 9.98.